The summed E-state index contributed by atoms with van der Waals surface area (Å²) in [6.45, 7) is 13.1. The van der Waals surface area contributed by atoms with Crippen molar-refractivity contribution >= 4 is 0 Å². The molecule has 0 amide bonds. The van der Waals surface area contributed by atoms with Crippen molar-refractivity contribution < 1.29 is 0 Å². The summed E-state index contributed by atoms with van der Waals surface area (Å²) in [7, 11) is 2.23. The highest BCUT2D eigenvalue weighted by Crippen LogP contribution is 2.13. The Kier molecular flexibility index (Phi) is 5.42. The fraction of sp³-hybridized carbons (Fsp3) is 1.00. The smallest absolute Gasteiger partial charge is 0.0244 e. The average molecular weight is 254 g/mol. The van der Waals surface area contributed by atoms with Gasteiger partial charge in [0.25, 0.3) is 0 Å². The number of likely N-dealkylation sites (N-methyl/N-ethyl adjacent to an activating group) is 1. The van der Waals surface area contributed by atoms with E-state index in [2.05, 4.69) is 41.3 Å². The van der Waals surface area contributed by atoms with Crippen LogP contribution in [0.25, 0.3) is 0 Å². The van der Waals surface area contributed by atoms with Gasteiger partial charge in [0.2, 0.25) is 0 Å². The molecule has 0 aromatic rings. The molecule has 0 spiro atoms. The zero-order valence-corrected chi connectivity index (χ0v) is 12.3. The molecule has 0 aliphatic carbocycles. The summed E-state index contributed by atoms with van der Waals surface area (Å²) >= 11 is 0. The molecular weight excluding hydrogens is 224 g/mol. The van der Waals surface area contributed by atoms with Crippen LogP contribution in [0.15, 0.2) is 0 Å². The van der Waals surface area contributed by atoms with Crippen molar-refractivity contribution in [3.05, 3.63) is 0 Å². The van der Waals surface area contributed by atoms with Gasteiger partial charge in [-0.15, -0.1) is 0 Å². The molecule has 106 valence electrons. The SMILES string of the molecule is CC(C)C(CNC1CCNC1)N1CCN(C)CC1. The Balaban J connectivity index is 1.79. The van der Waals surface area contributed by atoms with Gasteiger partial charge in [-0.3, -0.25) is 4.90 Å². The van der Waals surface area contributed by atoms with Crippen LogP contribution in [0.4, 0.5) is 0 Å². The number of hydrogen-bond donors (Lipinski definition) is 2. The summed E-state index contributed by atoms with van der Waals surface area (Å²) in [4.78, 5) is 5.11. The molecule has 0 aromatic carbocycles. The van der Waals surface area contributed by atoms with Crippen molar-refractivity contribution in [1.82, 2.24) is 20.4 Å². The molecule has 0 radical (unpaired) electrons. The lowest BCUT2D eigenvalue weighted by Crippen LogP contribution is -2.54. The molecule has 0 saturated carbocycles. The summed E-state index contributed by atoms with van der Waals surface area (Å²) in [5, 5.41) is 7.18. The Morgan fingerprint density at radius 2 is 1.94 bits per heavy atom. The average Bonchev–Trinajstić information content (AvgIpc) is 2.84. The fourth-order valence-electron chi connectivity index (χ4n) is 3.06. The third-order valence-electron chi connectivity index (χ3n) is 4.45. The molecule has 2 aliphatic heterocycles. The monoisotopic (exact) mass is 254 g/mol. The van der Waals surface area contributed by atoms with Crippen molar-refractivity contribution in [2.75, 3.05) is 52.9 Å². The van der Waals surface area contributed by atoms with E-state index in [1.54, 1.807) is 0 Å². The lowest BCUT2D eigenvalue weighted by molar-refractivity contribution is 0.0863. The van der Waals surface area contributed by atoms with Gasteiger partial charge < -0.3 is 15.5 Å². The first-order valence-electron chi connectivity index (χ1n) is 7.53. The second-order valence-corrected chi connectivity index (χ2v) is 6.25. The quantitative estimate of drug-likeness (QED) is 0.734. The van der Waals surface area contributed by atoms with Gasteiger partial charge >= 0.3 is 0 Å². The molecule has 18 heavy (non-hydrogen) atoms. The maximum absolute atomic E-state index is 3.75. The van der Waals surface area contributed by atoms with Crippen molar-refractivity contribution in [2.45, 2.75) is 32.4 Å². The van der Waals surface area contributed by atoms with Crippen LogP contribution >= 0.6 is 0 Å². The lowest BCUT2D eigenvalue weighted by Gasteiger charge is -2.40. The highest BCUT2D eigenvalue weighted by Gasteiger charge is 2.25. The Hall–Kier alpha value is -0.160. The molecule has 2 N–H and O–H groups in total. The maximum Gasteiger partial charge on any atom is 0.0244 e. The standard InChI is InChI=1S/C14H30N4/c1-12(2)14(11-16-13-4-5-15-10-13)18-8-6-17(3)7-9-18/h12-16H,4-11H2,1-3H3. The minimum atomic E-state index is 0.693. The van der Waals surface area contributed by atoms with E-state index in [0.29, 0.717) is 12.1 Å². The van der Waals surface area contributed by atoms with Crippen molar-refractivity contribution in [3.8, 4) is 0 Å². The van der Waals surface area contributed by atoms with Crippen LogP contribution < -0.4 is 10.6 Å². The summed E-state index contributed by atoms with van der Waals surface area (Å²) in [6.07, 6.45) is 1.29. The van der Waals surface area contributed by atoms with Crippen molar-refractivity contribution in [1.29, 1.82) is 0 Å². The summed E-state index contributed by atoms with van der Waals surface area (Å²) in [6, 6.07) is 1.39. The number of rotatable bonds is 5. The number of hydrogen-bond acceptors (Lipinski definition) is 4. The van der Waals surface area contributed by atoms with Crippen LogP contribution in [0.1, 0.15) is 20.3 Å². The van der Waals surface area contributed by atoms with Crippen LogP contribution in [0.5, 0.6) is 0 Å². The molecule has 2 fully saturated rings. The number of nitrogens with zero attached hydrogens (tertiary/aromatic N) is 2. The third kappa shape index (κ3) is 3.92. The second-order valence-electron chi connectivity index (χ2n) is 6.25. The predicted molar refractivity (Wildman–Crippen MR) is 77.0 cm³/mol. The first kappa shape index (κ1) is 14.3. The maximum atomic E-state index is 3.75. The van der Waals surface area contributed by atoms with Crippen LogP contribution in [0, 0.1) is 5.92 Å². The van der Waals surface area contributed by atoms with Gasteiger partial charge in [0, 0.05) is 51.4 Å². The van der Waals surface area contributed by atoms with Gasteiger partial charge in [-0.2, -0.15) is 0 Å². The Labute approximate surface area is 112 Å². The van der Waals surface area contributed by atoms with E-state index in [1.807, 2.05) is 0 Å². The molecule has 2 aliphatic rings. The molecule has 0 aromatic heterocycles. The molecule has 2 atom stereocenters. The highest BCUT2D eigenvalue weighted by atomic mass is 15.3. The Morgan fingerprint density at radius 1 is 1.22 bits per heavy atom. The molecule has 4 nitrogen and oxygen atoms in total. The fourth-order valence-corrected chi connectivity index (χ4v) is 3.06. The molecular formula is C14H30N4. The zero-order chi connectivity index (χ0) is 13.0. The van der Waals surface area contributed by atoms with Crippen LogP contribution in [0.2, 0.25) is 0 Å². The van der Waals surface area contributed by atoms with Crippen LogP contribution in [0.3, 0.4) is 0 Å². The molecule has 2 saturated heterocycles. The van der Waals surface area contributed by atoms with Gasteiger partial charge in [-0.05, 0) is 25.9 Å². The van der Waals surface area contributed by atoms with Gasteiger partial charge in [-0.25, -0.2) is 0 Å². The van der Waals surface area contributed by atoms with E-state index in [4.69, 9.17) is 0 Å². The van der Waals surface area contributed by atoms with Gasteiger partial charge in [-0.1, -0.05) is 13.8 Å². The highest BCUT2D eigenvalue weighted by molar-refractivity contribution is 4.85. The second kappa shape index (κ2) is 6.85. The molecule has 0 bridgehead atoms. The van der Waals surface area contributed by atoms with Crippen LogP contribution in [-0.2, 0) is 0 Å². The molecule has 2 heterocycles. The summed E-state index contributed by atoms with van der Waals surface area (Å²) in [5.41, 5.74) is 0. The van der Waals surface area contributed by atoms with E-state index in [-0.39, 0.29) is 0 Å². The lowest BCUT2D eigenvalue weighted by atomic mass is 10.0. The van der Waals surface area contributed by atoms with Gasteiger partial charge in [0.1, 0.15) is 0 Å². The summed E-state index contributed by atoms with van der Waals surface area (Å²) in [5.74, 6) is 0.732. The van der Waals surface area contributed by atoms with E-state index in [9.17, 15) is 0 Å². The first-order chi connectivity index (χ1) is 8.66. The van der Waals surface area contributed by atoms with Gasteiger partial charge in [0.15, 0.2) is 0 Å². The molecule has 2 unspecified atom stereocenters. The molecule has 2 rings (SSSR count). The van der Waals surface area contributed by atoms with E-state index in [1.165, 1.54) is 39.1 Å². The minimum absolute atomic E-state index is 0.693. The summed E-state index contributed by atoms with van der Waals surface area (Å²) < 4.78 is 0. The zero-order valence-electron chi connectivity index (χ0n) is 12.3. The Morgan fingerprint density at radius 3 is 2.50 bits per heavy atom. The van der Waals surface area contributed by atoms with E-state index >= 15 is 0 Å². The number of nitrogens with one attached hydrogen (secondary N) is 2. The Bertz CT molecular complexity index is 230. The van der Waals surface area contributed by atoms with E-state index < -0.39 is 0 Å². The predicted octanol–water partition coefficient (Wildman–Crippen LogP) is 0.210. The molecule has 4 heteroatoms. The third-order valence-corrected chi connectivity index (χ3v) is 4.45. The van der Waals surface area contributed by atoms with Gasteiger partial charge in [0.05, 0.1) is 0 Å². The topological polar surface area (TPSA) is 30.5 Å². The number of piperazine rings is 1. The normalized spacial score (nSPS) is 29.0. The first-order valence-corrected chi connectivity index (χ1v) is 7.53. The van der Waals surface area contributed by atoms with Crippen molar-refractivity contribution in [2.24, 2.45) is 5.92 Å². The largest absolute Gasteiger partial charge is 0.315 e. The van der Waals surface area contributed by atoms with E-state index in [0.717, 1.165) is 19.0 Å². The van der Waals surface area contributed by atoms with Crippen LogP contribution in [-0.4, -0.2) is 74.7 Å². The van der Waals surface area contributed by atoms with Crippen molar-refractivity contribution in [3.63, 3.8) is 0 Å². The minimum Gasteiger partial charge on any atom is -0.315 e.